The summed E-state index contributed by atoms with van der Waals surface area (Å²) in [6, 6.07) is 5.05. The Hall–Kier alpha value is -1.51. The monoisotopic (exact) mass is 263 g/mol. The smallest absolute Gasteiger partial charge is 0.255 e. The van der Waals surface area contributed by atoms with Crippen molar-refractivity contribution < 1.29 is 9.90 Å². The summed E-state index contributed by atoms with van der Waals surface area (Å²) in [6.07, 6.45) is 0.859. The number of phenolic OH excluding ortho intramolecular Hbond substituents is 1. The van der Waals surface area contributed by atoms with E-state index >= 15 is 0 Å². The van der Waals surface area contributed by atoms with Gasteiger partial charge in [0.1, 0.15) is 5.75 Å². The summed E-state index contributed by atoms with van der Waals surface area (Å²) in [4.78, 5) is 12.2. The van der Waals surface area contributed by atoms with Crippen LogP contribution in [0.25, 0.3) is 0 Å². The number of aromatic hydroxyl groups is 1. The van der Waals surface area contributed by atoms with Gasteiger partial charge in [0.15, 0.2) is 0 Å². The van der Waals surface area contributed by atoms with E-state index in [2.05, 4.69) is 26.1 Å². The third-order valence-electron chi connectivity index (χ3n) is 2.82. The molecule has 0 aliphatic carbocycles. The fraction of sp³-hybridized carbons (Fsp3) is 0.562. The van der Waals surface area contributed by atoms with Crippen LogP contribution >= 0.6 is 0 Å². The van der Waals surface area contributed by atoms with Crippen LogP contribution in [-0.4, -0.2) is 16.6 Å². The lowest BCUT2D eigenvalue weighted by atomic mass is 9.81. The molecule has 0 saturated carbocycles. The highest BCUT2D eigenvalue weighted by Gasteiger charge is 2.28. The molecule has 0 aliphatic heterocycles. The molecule has 1 aromatic rings. The van der Waals surface area contributed by atoms with Gasteiger partial charge in [-0.3, -0.25) is 4.79 Å². The first-order valence-electron chi connectivity index (χ1n) is 6.62. The van der Waals surface area contributed by atoms with Gasteiger partial charge in [-0.15, -0.1) is 0 Å². The summed E-state index contributed by atoms with van der Waals surface area (Å²) in [7, 11) is 0. The van der Waals surface area contributed by atoms with Crippen LogP contribution in [0.2, 0.25) is 0 Å². The number of carbonyl (C=O) groups is 1. The van der Waals surface area contributed by atoms with Crippen molar-refractivity contribution in [3.63, 3.8) is 0 Å². The Kier molecular flexibility index (Phi) is 4.28. The van der Waals surface area contributed by atoms with Crippen LogP contribution in [-0.2, 0) is 0 Å². The van der Waals surface area contributed by atoms with Gasteiger partial charge in [0, 0.05) is 5.54 Å². The van der Waals surface area contributed by atoms with Gasteiger partial charge in [-0.2, -0.15) is 0 Å². The second-order valence-electron chi connectivity index (χ2n) is 7.10. The van der Waals surface area contributed by atoms with Crippen LogP contribution in [0.4, 0.5) is 0 Å². The van der Waals surface area contributed by atoms with Crippen molar-refractivity contribution >= 4 is 5.91 Å². The first-order chi connectivity index (χ1) is 8.50. The molecule has 0 fully saturated rings. The number of nitrogens with one attached hydrogen (secondary N) is 1. The molecule has 1 amide bonds. The third kappa shape index (κ3) is 4.93. The van der Waals surface area contributed by atoms with Gasteiger partial charge in [0.05, 0.1) is 5.56 Å². The predicted octanol–water partition coefficient (Wildman–Crippen LogP) is 3.65. The maximum atomic E-state index is 12.2. The van der Waals surface area contributed by atoms with E-state index in [1.807, 2.05) is 20.8 Å². The number of carbonyl (C=O) groups excluding carboxylic acids is 1. The normalized spacial score (nSPS) is 12.3. The molecule has 0 aliphatic rings. The maximum Gasteiger partial charge on any atom is 0.255 e. The molecule has 0 radical (unpaired) electrons. The van der Waals surface area contributed by atoms with Crippen LogP contribution in [0.1, 0.15) is 57.0 Å². The molecule has 0 spiro atoms. The van der Waals surface area contributed by atoms with Gasteiger partial charge in [-0.1, -0.05) is 32.4 Å². The van der Waals surface area contributed by atoms with Crippen molar-refractivity contribution in [2.45, 2.75) is 53.5 Å². The van der Waals surface area contributed by atoms with Crippen molar-refractivity contribution in [2.24, 2.45) is 5.41 Å². The van der Waals surface area contributed by atoms with E-state index < -0.39 is 0 Å². The molecule has 0 saturated heterocycles. The maximum absolute atomic E-state index is 12.2. The highest BCUT2D eigenvalue weighted by atomic mass is 16.3. The molecule has 0 bridgehead atoms. The zero-order valence-corrected chi connectivity index (χ0v) is 12.8. The summed E-state index contributed by atoms with van der Waals surface area (Å²) in [6.45, 7) is 12.3. The summed E-state index contributed by atoms with van der Waals surface area (Å²) < 4.78 is 0. The average Bonchev–Trinajstić information content (AvgIpc) is 2.16. The fourth-order valence-corrected chi connectivity index (χ4v) is 2.58. The van der Waals surface area contributed by atoms with Crippen molar-refractivity contribution in [3.8, 4) is 5.75 Å². The highest BCUT2D eigenvalue weighted by Crippen LogP contribution is 2.27. The Morgan fingerprint density at radius 3 is 2.32 bits per heavy atom. The first-order valence-corrected chi connectivity index (χ1v) is 6.62. The standard InChI is InChI=1S/C16H25NO2/c1-11-7-8-13(18)12(9-11)14(19)17-16(5,6)10-15(2,3)4/h7-9,18H,10H2,1-6H3,(H,17,19). The molecule has 1 rings (SSSR count). The first kappa shape index (κ1) is 15.5. The lowest BCUT2D eigenvalue weighted by Gasteiger charge is -2.33. The minimum absolute atomic E-state index is 0.0228. The second-order valence-corrected chi connectivity index (χ2v) is 7.10. The number of aryl methyl sites for hydroxylation is 1. The van der Waals surface area contributed by atoms with Gasteiger partial charge in [-0.25, -0.2) is 0 Å². The molecule has 1 aromatic carbocycles. The molecule has 0 atom stereocenters. The van der Waals surface area contributed by atoms with E-state index in [4.69, 9.17) is 0 Å². The van der Waals surface area contributed by atoms with Crippen LogP contribution in [0.3, 0.4) is 0 Å². The molecule has 3 heteroatoms. The molecule has 2 N–H and O–H groups in total. The van der Waals surface area contributed by atoms with Crippen molar-refractivity contribution in [1.82, 2.24) is 5.32 Å². The van der Waals surface area contributed by atoms with Gasteiger partial charge in [-0.05, 0) is 44.7 Å². The SMILES string of the molecule is Cc1ccc(O)c(C(=O)NC(C)(C)CC(C)(C)C)c1. The number of hydrogen-bond donors (Lipinski definition) is 2. The van der Waals surface area contributed by atoms with Gasteiger partial charge >= 0.3 is 0 Å². The van der Waals surface area contributed by atoms with E-state index in [1.165, 1.54) is 0 Å². The lowest BCUT2D eigenvalue weighted by molar-refractivity contribution is 0.0888. The minimum atomic E-state index is -0.314. The van der Waals surface area contributed by atoms with Gasteiger partial charge < -0.3 is 10.4 Å². The molecule has 0 aromatic heterocycles. The van der Waals surface area contributed by atoms with E-state index in [0.29, 0.717) is 5.56 Å². The number of rotatable bonds is 3. The molecular weight excluding hydrogens is 238 g/mol. The van der Waals surface area contributed by atoms with Crippen LogP contribution in [0.5, 0.6) is 5.75 Å². The Bertz CT molecular complexity index is 470. The number of hydrogen-bond acceptors (Lipinski definition) is 2. The van der Waals surface area contributed by atoms with Crippen LogP contribution in [0.15, 0.2) is 18.2 Å². The molecular formula is C16H25NO2. The molecule has 19 heavy (non-hydrogen) atoms. The zero-order chi connectivity index (χ0) is 14.8. The van der Waals surface area contributed by atoms with Crippen molar-refractivity contribution in [2.75, 3.05) is 0 Å². The van der Waals surface area contributed by atoms with E-state index in [9.17, 15) is 9.90 Å². The average molecular weight is 263 g/mol. The largest absolute Gasteiger partial charge is 0.507 e. The van der Waals surface area contributed by atoms with Crippen molar-refractivity contribution in [3.05, 3.63) is 29.3 Å². The third-order valence-corrected chi connectivity index (χ3v) is 2.82. The Labute approximate surface area is 116 Å². The number of amides is 1. The summed E-state index contributed by atoms with van der Waals surface area (Å²) in [5.41, 5.74) is 1.11. The molecule has 106 valence electrons. The Balaban J connectivity index is 2.87. The van der Waals surface area contributed by atoms with Crippen LogP contribution < -0.4 is 5.32 Å². The van der Waals surface area contributed by atoms with E-state index in [-0.39, 0.29) is 22.6 Å². The summed E-state index contributed by atoms with van der Waals surface area (Å²) in [5, 5.41) is 12.8. The number of benzene rings is 1. The molecule has 3 nitrogen and oxygen atoms in total. The topological polar surface area (TPSA) is 49.3 Å². The quantitative estimate of drug-likeness (QED) is 0.874. The predicted molar refractivity (Wildman–Crippen MR) is 78.5 cm³/mol. The second kappa shape index (κ2) is 5.24. The zero-order valence-electron chi connectivity index (χ0n) is 12.8. The van der Waals surface area contributed by atoms with E-state index in [1.54, 1.807) is 18.2 Å². The Morgan fingerprint density at radius 1 is 1.21 bits per heavy atom. The number of phenols is 1. The highest BCUT2D eigenvalue weighted by molar-refractivity contribution is 5.97. The Morgan fingerprint density at radius 2 is 1.79 bits per heavy atom. The summed E-state index contributed by atoms with van der Waals surface area (Å²) in [5.74, 6) is -0.204. The minimum Gasteiger partial charge on any atom is -0.507 e. The van der Waals surface area contributed by atoms with Gasteiger partial charge in [0.2, 0.25) is 0 Å². The van der Waals surface area contributed by atoms with E-state index in [0.717, 1.165) is 12.0 Å². The van der Waals surface area contributed by atoms with Gasteiger partial charge in [0.25, 0.3) is 5.91 Å². The van der Waals surface area contributed by atoms with Crippen molar-refractivity contribution in [1.29, 1.82) is 0 Å². The lowest BCUT2D eigenvalue weighted by Crippen LogP contribution is -2.45. The molecule has 0 unspecified atom stereocenters. The summed E-state index contributed by atoms with van der Waals surface area (Å²) >= 11 is 0. The molecule has 0 heterocycles. The van der Waals surface area contributed by atoms with Crippen LogP contribution in [0, 0.1) is 12.3 Å². The fourth-order valence-electron chi connectivity index (χ4n) is 2.58.